The zero-order chi connectivity index (χ0) is 16.5. The molecule has 24 heavy (non-hydrogen) atoms. The van der Waals surface area contributed by atoms with Crippen LogP contribution in [0.4, 0.5) is 5.95 Å². The minimum atomic E-state index is 0.0568. The molecule has 1 aliphatic rings. The van der Waals surface area contributed by atoms with E-state index < -0.39 is 0 Å². The van der Waals surface area contributed by atoms with Crippen molar-refractivity contribution in [3.63, 3.8) is 0 Å². The summed E-state index contributed by atoms with van der Waals surface area (Å²) in [7, 11) is 0. The first-order valence-electron chi connectivity index (χ1n) is 8.10. The summed E-state index contributed by atoms with van der Waals surface area (Å²) in [4.78, 5) is 9.19. The molecule has 0 aliphatic carbocycles. The number of fused-ring (bicyclic) bond motifs is 2. The molecule has 0 saturated carbocycles. The number of rotatable bonds is 3. The van der Waals surface area contributed by atoms with Crippen molar-refractivity contribution in [1.29, 1.82) is 0 Å². The van der Waals surface area contributed by atoms with Crippen molar-refractivity contribution in [2.45, 2.75) is 19.9 Å². The van der Waals surface area contributed by atoms with Crippen LogP contribution in [0.2, 0.25) is 0 Å². The molecule has 2 aromatic carbocycles. The van der Waals surface area contributed by atoms with E-state index in [4.69, 9.17) is 9.47 Å². The van der Waals surface area contributed by atoms with Crippen LogP contribution in [0.3, 0.4) is 0 Å². The molecule has 1 unspecified atom stereocenters. The lowest BCUT2D eigenvalue weighted by Gasteiger charge is -2.21. The molecular weight excluding hydrogens is 302 g/mol. The fourth-order valence-electron chi connectivity index (χ4n) is 2.91. The van der Waals surface area contributed by atoms with E-state index in [1.165, 1.54) is 0 Å². The van der Waals surface area contributed by atoms with E-state index >= 15 is 0 Å². The number of ether oxygens (including phenoxy) is 2. The van der Waals surface area contributed by atoms with Gasteiger partial charge in [0, 0.05) is 5.39 Å². The Hall–Kier alpha value is -2.82. The number of hydrogen-bond acceptors (Lipinski definition) is 5. The van der Waals surface area contributed by atoms with Crippen molar-refractivity contribution in [3.05, 3.63) is 53.7 Å². The van der Waals surface area contributed by atoms with Gasteiger partial charge in [-0.2, -0.15) is 0 Å². The van der Waals surface area contributed by atoms with Crippen molar-refractivity contribution in [3.8, 4) is 11.5 Å². The summed E-state index contributed by atoms with van der Waals surface area (Å²) < 4.78 is 11.2. The first-order valence-corrected chi connectivity index (χ1v) is 8.10. The molecule has 0 radical (unpaired) electrons. The first kappa shape index (κ1) is 14.8. The fraction of sp³-hybridized carbons (Fsp3) is 0.263. The van der Waals surface area contributed by atoms with Crippen LogP contribution in [0.15, 0.2) is 42.5 Å². The third-order valence-corrected chi connectivity index (χ3v) is 4.21. The van der Waals surface area contributed by atoms with E-state index in [0.717, 1.165) is 33.7 Å². The number of nitrogens with one attached hydrogen (secondary N) is 1. The largest absolute Gasteiger partial charge is 0.486 e. The Morgan fingerprint density at radius 3 is 2.67 bits per heavy atom. The SMILES string of the molecule is Cc1nc(NC(C)c2ccc3c(c2)OCCO3)nc2ccccc12. The fourth-order valence-corrected chi connectivity index (χ4v) is 2.91. The second-order valence-electron chi connectivity index (χ2n) is 5.92. The van der Waals surface area contributed by atoms with Gasteiger partial charge >= 0.3 is 0 Å². The molecule has 4 rings (SSSR count). The normalized spacial score (nSPS) is 14.4. The maximum Gasteiger partial charge on any atom is 0.223 e. The van der Waals surface area contributed by atoms with Gasteiger partial charge in [-0.1, -0.05) is 24.3 Å². The molecule has 0 fully saturated rings. The molecule has 0 spiro atoms. The van der Waals surface area contributed by atoms with Crippen LogP contribution in [0.5, 0.6) is 11.5 Å². The molecule has 5 nitrogen and oxygen atoms in total. The van der Waals surface area contributed by atoms with Gasteiger partial charge in [0.1, 0.15) is 13.2 Å². The van der Waals surface area contributed by atoms with Crippen molar-refractivity contribution in [2.24, 2.45) is 0 Å². The Kier molecular flexibility index (Phi) is 3.69. The molecule has 0 bridgehead atoms. The maximum absolute atomic E-state index is 5.66. The number of para-hydroxylation sites is 1. The smallest absolute Gasteiger partial charge is 0.223 e. The minimum absolute atomic E-state index is 0.0568. The van der Waals surface area contributed by atoms with E-state index in [1.807, 2.05) is 49.4 Å². The van der Waals surface area contributed by atoms with Gasteiger partial charge in [-0.3, -0.25) is 0 Å². The number of aryl methyl sites for hydroxylation is 1. The van der Waals surface area contributed by atoms with E-state index in [1.54, 1.807) is 0 Å². The number of nitrogens with zero attached hydrogens (tertiary/aromatic N) is 2. The number of hydrogen-bond donors (Lipinski definition) is 1. The van der Waals surface area contributed by atoms with E-state index in [-0.39, 0.29) is 6.04 Å². The Morgan fingerprint density at radius 1 is 1.00 bits per heavy atom. The average Bonchev–Trinajstić information content (AvgIpc) is 2.61. The van der Waals surface area contributed by atoms with E-state index in [9.17, 15) is 0 Å². The highest BCUT2D eigenvalue weighted by atomic mass is 16.6. The van der Waals surface area contributed by atoms with Crippen LogP contribution in [0.1, 0.15) is 24.2 Å². The van der Waals surface area contributed by atoms with Gasteiger partial charge in [-0.15, -0.1) is 0 Å². The van der Waals surface area contributed by atoms with Gasteiger partial charge in [-0.05, 0) is 37.6 Å². The molecule has 1 N–H and O–H groups in total. The standard InChI is InChI=1S/C19H19N3O2/c1-12(14-7-8-17-18(11-14)24-10-9-23-17)20-19-21-13(2)15-5-3-4-6-16(15)22-19/h3-8,11-12H,9-10H2,1-2H3,(H,20,21,22). The molecule has 2 heterocycles. The van der Waals surface area contributed by atoms with Crippen molar-refractivity contribution in [2.75, 3.05) is 18.5 Å². The third-order valence-electron chi connectivity index (χ3n) is 4.21. The summed E-state index contributed by atoms with van der Waals surface area (Å²) in [6, 6.07) is 14.1. The average molecular weight is 321 g/mol. The minimum Gasteiger partial charge on any atom is -0.486 e. The Morgan fingerprint density at radius 2 is 1.79 bits per heavy atom. The second-order valence-corrected chi connectivity index (χ2v) is 5.92. The number of aromatic nitrogens is 2. The zero-order valence-corrected chi connectivity index (χ0v) is 13.7. The molecule has 3 aromatic rings. The molecule has 1 aromatic heterocycles. The lowest BCUT2D eigenvalue weighted by atomic mass is 10.1. The summed E-state index contributed by atoms with van der Waals surface area (Å²) in [6.45, 7) is 5.28. The summed E-state index contributed by atoms with van der Waals surface area (Å²) >= 11 is 0. The van der Waals surface area contributed by atoms with E-state index in [2.05, 4.69) is 22.2 Å². The Bertz CT molecular complexity index is 895. The predicted octanol–water partition coefficient (Wildman–Crippen LogP) is 3.88. The number of anilines is 1. The highest BCUT2D eigenvalue weighted by molar-refractivity contribution is 5.81. The van der Waals surface area contributed by atoms with Crippen LogP contribution in [0.25, 0.3) is 10.9 Å². The summed E-state index contributed by atoms with van der Waals surface area (Å²) in [5, 5.41) is 4.46. The van der Waals surface area contributed by atoms with Gasteiger partial charge in [0.2, 0.25) is 5.95 Å². The zero-order valence-electron chi connectivity index (χ0n) is 13.7. The molecule has 1 atom stereocenters. The molecule has 5 heteroatoms. The summed E-state index contributed by atoms with van der Waals surface area (Å²) in [6.07, 6.45) is 0. The highest BCUT2D eigenvalue weighted by Crippen LogP contribution is 2.33. The van der Waals surface area contributed by atoms with Crippen molar-refractivity contribution in [1.82, 2.24) is 9.97 Å². The van der Waals surface area contributed by atoms with E-state index in [0.29, 0.717) is 19.2 Å². The quantitative estimate of drug-likeness (QED) is 0.793. The second kappa shape index (κ2) is 6.00. The third kappa shape index (κ3) is 2.73. The topological polar surface area (TPSA) is 56.3 Å². The molecule has 1 aliphatic heterocycles. The molecule has 0 saturated heterocycles. The Balaban J connectivity index is 1.61. The summed E-state index contributed by atoms with van der Waals surface area (Å²) in [5.74, 6) is 2.23. The molecule has 0 amide bonds. The lowest BCUT2D eigenvalue weighted by Crippen LogP contribution is -2.16. The Labute approximate surface area is 140 Å². The predicted molar refractivity (Wildman–Crippen MR) is 93.7 cm³/mol. The van der Waals surface area contributed by atoms with Gasteiger partial charge < -0.3 is 14.8 Å². The van der Waals surface area contributed by atoms with Crippen LogP contribution < -0.4 is 14.8 Å². The molecule has 122 valence electrons. The van der Waals surface area contributed by atoms with Gasteiger partial charge in [-0.25, -0.2) is 9.97 Å². The van der Waals surface area contributed by atoms with Crippen LogP contribution >= 0.6 is 0 Å². The van der Waals surface area contributed by atoms with Crippen molar-refractivity contribution < 1.29 is 9.47 Å². The van der Waals surface area contributed by atoms with Gasteiger partial charge in [0.15, 0.2) is 11.5 Å². The van der Waals surface area contributed by atoms with Crippen molar-refractivity contribution >= 4 is 16.9 Å². The first-order chi connectivity index (χ1) is 11.7. The van der Waals surface area contributed by atoms with Crippen LogP contribution in [-0.2, 0) is 0 Å². The van der Waals surface area contributed by atoms with Crippen LogP contribution in [-0.4, -0.2) is 23.2 Å². The maximum atomic E-state index is 5.66. The van der Waals surface area contributed by atoms with Gasteiger partial charge in [0.25, 0.3) is 0 Å². The lowest BCUT2D eigenvalue weighted by molar-refractivity contribution is 0.171. The number of benzene rings is 2. The monoisotopic (exact) mass is 321 g/mol. The van der Waals surface area contributed by atoms with Crippen LogP contribution in [0, 0.1) is 6.92 Å². The highest BCUT2D eigenvalue weighted by Gasteiger charge is 2.15. The molecular formula is C19H19N3O2. The van der Waals surface area contributed by atoms with Gasteiger partial charge in [0.05, 0.1) is 17.3 Å². The summed E-state index contributed by atoms with van der Waals surface area (Å²) in [5.41, 5.74) is 3.02.